The largest absolute Gasteiger partial charge is 0.462 e. The van der Waals surface area contributed by atoms with E-state index in [1.54, 1.807) is 77.9 Å². The molecule has 2 fully saturated rings. The Bertz CT molecular complexity index is 1520. The van der Waals surface area contributed by atoms with Crippen molar-refractivity contribution in [1.82, 2.24) is 4.90 Å². The van der Waals surface area contributed by atoms with Crippen molar-refractivity contribution < 1.29 is 76.8 Å². The molecule has 0 aromatic carbocycles. The number of rotatable bonds is 14. The molecule has 16 atom stereocenters. The van der Waals surface area contributed by atoms with E-state index in [0.717, 1.165) is 0 Å². The van der Waals surface area contributed by atoms with Crippen LogP contribution in [0.15, 0.2) is 24.3 Å². The van der Waals surface area contributed by atoms with E-state index in [9.17, 15) is 34.2 Å². The zero-order chi connectivity index (χ0) is 46.5. The highest BCUT2D eigenvalue weighted by Crippen LogP contribution is 2.38. The Balaban J connectivity index is 2.10. The quantitative estimate of drug-likeness (QED) is 0.144. The van der Waals surface area contributed by atoms with Gasteiger partial charge in [-0.25, -0.2) is 0 Å². The van der Waals surface area contributed by atoms with E-state index in [0.29, 0.717) is 12.7 Å². The maximum Gasteiger partial charge on any atom is 0.309 e. The third kappa shape index (κ3) is 15.5. The van der Waals surface area contributed by atoms with Gasteiger partial charge in [0, 0.05) is 46.1 Å². The van der Waals surface area contributed by atoms with Crippen molar-refractivity contribution in [2.45, 2.75) is 193 Å². The molecule has 2 N–H and O–H groups in total. The van der Waals surface area contributed by atoms with E-state index >= 15 is 0 Å². The number of carbonyl (C=O) groups is 5. The van der Waals surface area contributed by atoms with Gasteiger partial charge in [-0.15, -0.1) is 0 Å². The fourth-order valence-electron chi connectivity index (χ4n) is 8.41. The second kappa shape index (κ2) is 24.7. The molecule has 0 aromatic rings. The molecule has 16 unspecified atom stereocenters. The molecular formula is C45H73NO16. The lowest BCUT2D eigenvalue weighted by Gasteiger charge is -2.51. The molecule has 0 amide bonds. The standard InChI is InChI=1S/C45H73NO16/c1-13-34(50)59-42-38(46(10)11)39(61-37-24-45(9,53)43(29(7)56-37)60-35(51)21-25(2)3)28(6)57-44(42)62-40-31(19-20-47)22-26(4)32(49)18-16-14-15-17-27(5)55-36(52)23-33(41(40)54-12)58-30(8)48/h14-16,18,20,25-29,31-33,37-44,49,53H,13,17,19,21-24H2,1-12H3/b15-14+,18-16+. The van der Waals surface area contributed by atoms with Gasteiger partial charge in [-0.2, -0.15) is 0 Å². The van der Waals surface area contributed by atoms with Crippen LogP contribution >= 0.6 is 0 Å². The van der Waals surface area contributed by atoms with E-state index in [-0.39, 0.29) is 38.0 Å². The van der Waals surface area contributed by atoms with Gasteiger partial charge in [0.1, 0.15) is 36.3 Å². The molecule has 0 bridgehead atoms. The summed E-state index contributed by atoms with van der Waals surface area (Å²) < 4.78 is 55.5. The van der Waals surface area contributed by atoms with Gasteiger partial charge in [0.25, 0.3) is 0 Å². The third-order valence-corrected chi connectivity index (χ3v) is 11.4. The SMILES string of the molecule is CCC(=O)OC1C(OC2C(CC=O)CC(C)C(O)/C=C/C=C/CC(C)OC(=O)CC(OC(C)=O)C2OC)OC(C)C(OC2CC(C)(O)C(OC(=O)CC(C)C)C(C)O2)C1N(C)C. The Kier molecular flexibility index (Phi) is 21.1. The lowest BCUT2D eigenvalue weighted by atomic mass is 9.82. The van der Waals surface area contributed by atoms with Crippen molar-refractivity contribution in [2.24, 2.45) is 17.8 Å². The second-order valence-corrected chi connectivity index (χ2v) is 17.8. The lowest BCUT2D eigenvalue weighted by molar-refractivity contribution is -0.345. The number of cyclic esters (lactones) is 1. The lowest BCUT2D eigenvalue weighted by Crippen LogP contribution is -2.66. The number of allylic oxidation sites excluding steroid dienone is 2. The molecule has 3 aliphatic rings. The number of carbonyl (C=O) groups excluding carboxylic acids is 5. The molecular weight excluding hydrogens is 810 g/mol. The Morgan fingerprint density at radius 2 is 1.66 bits per heavy atom. The summed E-state index contributed by atoms with van der Waals surface area (Å²) in [5.41, 5.74) is -1.53. The van der Waals surface area contributed by atoms with Crippen molar-refractivity contribution in [3.05, 3.63) is 24.3 Å². The first kappa shape index (κ1) is 53.1. The molecule has 354 valence electrons. The van der Waals surface area contributed by atoms with Crippen LogP contribution in [-0.4, -0.2) is 152 Å². The summed E-state index contributed by atoms with van der Waals surface area (Å²) in [5.74, 6) is -3.52. The second-order valence-electron chi connectivity index (χ2n) is 17.8. The molecule has 3 heterocycles. The molecule has 3 rings (SSSR count). The zero-order valence-corrected chi connectivity index (χ0v) is 38.6. The van der Waals surface area contributed by atoms with Crippen LogP contribution in [-0.2, 0) is 66.6 Å². The summed E-state index contributed by atoms with van der Waals surface area (Å²) in [4.78, 5) is 66.1. The Morgan fingerprint density at radius 3 is 2.24 bits per heavy atom. The average molecular weight is 884 g/mol. The summed E-state index contributed by atoms with van der Waals surface area (Å²) >= 11 is 0. The Hall–Kier alpha value is -3.29. The van der Waals surface area contributed by atoms with Gasteiger partial charge < -0.3 is 62.5 Å². The highest BCUT2D eigenvalue weighted by molar-refractivity contribution is 5.72. The molecule has 62 heavy (non-hydrogen) atoms. The molecule has 17 heteroatoms. The van der Waals surface area contributed by atoms with Gasteiger partial charge in [0.2, 0.25) is 0 Å². The van der Waals surface area contributed by atoms with Crippen LogP contribution in [0.3, 0.4) is 0 Å². The van der Waals surface area contributed by atoms with Gasteiger partial charge in [-0.05, 0) is 66.0 Å². The number of hydrogen-bond acceptors (Lipinski definition) is 17. The Labute approximate surface area is 367 Å². The minimum atomic E-state index is -1.53. The topological polar surface area (TPSA) is 212 Å². The third-order valence-electron chi connectivity index (χ3n) is 11.4. The summed E-state index contributed by atoms with van der Waals surface area (Å²) in [6.45, 7) is 15.1. The minimum Gasteiger partial charge on any atom is -0.462 e. The number of hydrogen-bond donors (Lipinski definition) is 2. The normalized spacial score (nSPS) is 38.7. The molecule has 17 nitrogen and oxygen atoms in total. The number of aldehydes is 1. The van der Waals surface area contributed by atoms with Crippen molar-refractivity contribution in [2.75, 3.05) is 21.2 Å². The number of methoxy groups -OCH3 is 1. The fourth-order valence-corrected chi connectivity index (χ4v) is 8.41. The number of likely N-dealkylation sites (N-methyl/N-ethyl adjacent to an activating group) is 1. The summed E-state index contributed by atoms with van der Waals surface area (Å²) in [6, 6.07) is -0.777. The maximum absolute atomic E-state index is 13.4. The van der Waals surface area contributed by atoms with Crippen molar-refractivity contribution >= 4 is 30.2 Å². The van der Waals surface area contributed by atoms with Gasteiger partial charge in [-0.1, -0.05) is 52.0 Å². The van der Waals surface area contributed by atoms with E-state index < -0.39 is 127 Å². The van der Waals surface area contributed by atoms with Crippen molar-refractivity contribution in [3.63, 3.8) is 0 Å². The van der Waals surface area contributed by atoms with Gasteiger partial charge in [0.15, 0.2) is 24.8 Å². The summed E-state index contributed by atoms with van der Waals surface area (Å²) in [7, 11) is 4.89. The average Bonchev–Trinajstić information content (AvgIpc) is 3.15. The van der Waals surface area contributed by atoms with Gasteiger partial charge in [0.05, 0.1) is 36.9 Å². The smallest absolute Gasteiger partial charge is 0.309 e. The Morgan fingerprint density at radius 1 is 0.968 bits per heavy atom. The van der Waals surface area contributed by atoms with Gasteiger partial charge in [-0.3, -0.25) is 19.2 Å². The molecule has 0 saturated carbocycles. The number of esters is 4. The van der Waals surface area contributed by atoms with E-state index in [1.165, 1.54) is 14.0 Å². The van der Waals surface area contributed by atoms with Crippen LogP contribution in [0.2, 0.25) is 0 Å². The molecule has 0 radical (unpaired) electrons. The van der Waals surface area contributed by atoms with E-state index in [1.807, 2.05) is 20.8 Å². The van der Waals surface area contributed by atoms with Crippen LogP contribution < -0.4 is 0 Å². The molecule has 3 aliphatic heterocycles. The fraction of sp³-hybridized carbons (Fsp3) is 0.800. The number of aliphatic hydroxyl groups is 2. The summed E-state index contributed by atoms with van der Waals surface area (Å²) in [6.07, 6.45) is -4.36. The molecule has 0 aromatic heterocycles. The predicted octanol–water partition coefficient (Wildman–Crippen LogP) is 3.97. The minimum absolute atomic E-state index is 0.00145. The van der Waals surface area contributed by atoms with Crippen molar-refractivity contribution in [3.8, 4) is 0 Å². The van der Waals surface area contributed by atoms with Crippen LogP contribution in [0.1, 0.15) is 107 Å². The highest BCUT2D eigenvalue weighted by Gasteiger charge is 2.54. The van der Waals surface area contributed by atoms with Crippen LogP contribution in [0.4, 0.5) is 0 Å². The summed E-state index contributed by atoms with van der Waals surface area (Å²) in [5, 5.41) is 22.8. The molecule has 2 saturated heterocycles. The van der Waals surface area contributed by atoms with Crippen LogP contribution in [0, 0.1) is 17.8 Å². The predicted molar refractivity (Wildman–Crippen MR) is 224 cm³/mol. The number of ether oxygens (including phenoxy) is 9. The first-order valence-electron chi connectivity index (χ1n) is 21.9. The van der Waals surface area contributed by atoms with Crippen molar-refractivity contribution in [1.29, 1.82) is 0 Å². The van der Waals surface area contributed by atoms with E-state index in [4.69, 9.17) is 42.6 Å². The zero-order valence-electron chi connectivity index (χ0n) is 38.6. The van der Waals surface area contributed by atoms with Crippen LogP contribution in [0.25, 0.3) is 0 Å². The highest BCUT2D eigenvalue weighted by atomic mass is 16.7. The molecule has 0 spiro atoms. The first-order valence-corrected chi connectivity index (χ1v) is 21.9. The number of aliphatic hydroxyl groups excluding tert-OH is 1. The molecule has 0 aliphatic carbocycles. The monoisotopic (exact) mass is 883 g/mol. The van der Waals surface area contributed by atoms with E-state index in [2.05, 4.69) is 0 Å². The van der Waals surface area contributed by atoms with Gasteiger partial charge >= 0.3 is 23.9 Å². The van der Waals surface area contributed by atoms with Crippen LogP contribution in [0.5, 0.6) is 0 Å². The number of nitrogens with zero attached hydrogens (tertiary/aromatic N) is 1. The first-order chi connectivity index (χ1) is 29.1. The maximum atomic E-state index is 13.4.